The van der Waals surface area contributed by atoms with Gasteiger partial charge in [-0.3, -0.25) is 5.43 Å². The SMILES string of the molecule is NC(=S)N/N=C/c1nscc1Br. The molecule has 1 aromatic heterocycles. The van der Waals surface area contributed by atoms with E-state index in [-0.39, 0.29) is 5.11 Å². The number of nitrogens with one attached hydrogen (secondary N) is 1. The Kier molecular flexibility index (Phi) is 3.57. The summed E-state index contributed by atoms with van der Waals surface area (Å²) in [5.74, 6) is 0. The molecule has 0 fully saturated rings. The molecule has 0 saturated heterocycles. The van der Waals surface area contributed by atoms with Crippen LogP contribution in [0.2, 0.25) is 0 Å². The molecule has 7 heteroatoms. The van der Waals surface area contributed by atoms with Crippen LogP contribution in [0.3, 0.4) is 0 Å². The predicted molar refractivity (Wildman–Crippen MR) is 57.3 cm³/mol. The van der Waals surface area contributed by atoms with Crippen LogP contribution in [-0.2, 0) is 0 Å². The van der Waals surface area contributed by atoms with E-state index in [2.05, 4.69) is 43.0 Å². The lowest BCUT2D eigenvalue weighted by Gasteiger charge is -1.91. The largest absolute Gasteiger partial charge is 0.375 e. The maximum atomic E-state index is 5.15. The van der Waals surface area contributed by atoms with Crippen molar-refractivity contribution in [3.8, 4) is 0 Å². The lowest BCUT2D eigenvalue weighted by atomic mass is 10.5. The molecular weight excluding hydrogens is 260 g/mol. The van der Waals surface area contributed by atoms with Crippen LogP contribution in [0.25, 0.3) is 0 Å². The summed E-state index contributed by atoms with van der Waals surface area (Å²) in [6.45, 7) is 0. The molecular formula is C5H5BrN4S2. The third kappa shape index (κ3) is 2.84. The number of hydrogen-bond donors (Lipinski definition) is 2. The molecule has 4 nitrogen and oxygen atoms in total. The van der Waals surface area contributed by atoms with Crippen molar-refractivity contribution in [2.45, 2.75) is 0 Å². The van der Waals surface area contributed by atoms with Gasteiger partial charge in [0.05, 0.1) is 10.7 Å². The summed E-state index contributed by atoms with van der Waals surface area (Å²) < 4.78 is 4.94. The lowest BCUT2D eigenvalue weighted by Crippen LogP contribution is -2.24. The van der Waals surface area contributed by atoms with Crippen LogP contribution in [0.4, 0.5) is 0 Å². The molecule has 12 heavy (non-hydrogen) atoms. The minimum Gasteiger partial charge on any atom is -0.375 e. The summed E-state index contributed by atoms with van der Waals surface area (Å²) in [4.78, 5) is 0. The molecule has 0 radical (unpaired) electrons. The van der Waals surface area contributed by atoms with E-state index >= 15 is 0 Å². The van der Waals surface area contributed by atoms with Gasteiger partial charge in [-0.05, 0) is 39.7 Å². The molecule has 0 aliphatic heterocycles. The number of aromatic nitrogens is 1. The fourth-order valence-corrected chi connectivity index (χ4v) is 1.61. The number of hydrazone groups is 1. The molecule has 0 aliphatic carbocycles. The van der Waals surface area contributed by atoms with Gasteiger partial charge in [0, 0.05) is 5.38 Å². The van der Waals surface area contributed by atoms with E-state index < -0.39 is 0 Å². The zero-order chi connectivity index (χ0) is 8.97. The molecule has 0 atom stereocenters. The van der Waals surface area contributed by atoms with Gasteiger partial charge in [0.25, 0.3) is 0 Å². The minimum atomic E-state index is 0.137. The van der Waals surface area contributed by atoms with Gasteiger partial charge in [-0.25, -0.2) is 0 Å². The second-order valence-corrected chi connectivity index (χ2v) is 3.71. The predicted octanol–water partition coefficient (Wildman–Crippen LogP) is 1.07. The van der Waals surface area contributed by atoms with Crippen molar-refractivity contribution in [1.29, 1.82) is 0 Å². The molecule has 1 heterocycles. The van der Waals surface area contributed by atoms with E-state index in [1.165, 1.54) is 11.5 Å². The van der Waals surface area contributed by atoms with Crippen LogP contribution in [0.15, 0.2) is 15.0 Å². The Morgan fingerprint density at radius 2 is 2.67 bits per heavy atom. The molecule has 1 aromatic rings. The highest BCUT2D eigenvalue weighted by molar-refractivity contribution is 9.10. The Balaban J connectivity index is 2.57. The second kappa shape index (κ2) is 4.48. The van der Waals surface area contributed by atoms with Crippen molar-refractivity contribution in [3.63, 3.8) is 0 Å². The van der Waals surface area contributed by atoms with Gasteiger partial charge in [0.1, 0.15) is 5.69 Å². The highest BCUT2D eigenvalue weighted by atomic mass is 79.9. The average Bonchev–Trinajstić information content (AvgIpc) is 2.36. The summed E-state index contributed by atoms with van der Waals surface area (Å²) in [7, 11) is 0. The molecule has 0 amide bonds. The smallest absolute Gasteiger partial charge is 0.184 e. The second-order valence-electron chi connectivity index (χ2n) is 1.78. The zero-order valence-electron chi connectivity index (χ0n) is 5.82. The number of nitrogens with zero attached hydrogens (tertiary/aromatic N) is 2. The third-order valence-corrected chi connectivity index (χ3v) is 2.59. The Morgan fingerprint density at radius 3 is 3.17 bits per heavy atom. The van der Waals surface area contributed by atoms with E-state index in [0.717, 1.165) is 10.2 Å². The minimum absolute atomic E-state index is 0.137. The van der Waals surface area contributed by atoms with E-state index in [1.807, 2.05) is 5.38 Å². The molecule has 0 aliphatic rings. The van der Waals surface area contributed by atoms with Crippen molar-refractivity contribution in [1.82, 2.24) is 9.80 Å². The highest BCUT2D eigenvalue weighted by Crippen LogP contribution is 2.15. The summed E-state index contributed by atoms with van der Waals surface area (Å²) in [6, 6.07) is 0. The molecule has 0 saturated carbocycles. The van der Waals surface area contributed by atoms with E-state index in [9.17, 15) is 0 Å². The van der Waals surface area contributed by atoms with Crippen LogP contribution >= 0.6 is 39.7 Å². The van der Waals surface area contributed by atoms with Crippen LogP contribution in [-0.4, -0.2) is 15.7 Å². The fraction of sp³-hybridized carbons (Fsp3) is 0. The average molecular weight is 265 g/mol. The molecule has 64 valence electrons. The molecule has 3 N–H and O–H groups in total. The van der Waals surface area contributed by atoms with Crippen LogP contribution in [0.5, 0.6) is 0 Å². The van der Waals surface area contributed by atoms with Crippen LogP contribution in [0, 0.1) is 0 Å². The van der Waals surface area contributed by atoms with Gasteiger partial charge in [-0.15, -0.1) is 0 Å². The van der Waals surface area contributed by atoms with Gasteiger partial charge < -0.3 is 5.73 Å². The van der Waals surface area contributed by atoms with Crippen LogP contribution < -0.4 is 11.2 Å². The standard InChI is InChI=1S/C5H5BrN4S2/c6-3-2-12-10-4(3)1-8-9-5(7)11/h1-2H,(H3,7,9,11)/b8-1+. The first kappa shape index (κ1) is 9.56. The Bertz CT molecular complexity index is 308. The monoisotopic (exact) mass is 264 g/mol. The van der Waals surface area contributed by atoms with Crippen molar-refractivity contribution in [2.75, 3.05) is 0 Å². The van der Waals surface area contributed by atoms with Crippen molar-refractivity contribution in [2.24, 2.45) is 10.8 Å². The summed E-state index contributed by atoms with van der Waals surface area (Å²) in [6.07, 6.45) is 1.54. The zero-order valence-corrected chi connectivity index (χ0v) is 9.04. The van der Waals surface area contributed by atoms with Crippen LogP contribution in [0.1, 0.15) is 5.69 Å². The number of thiocarbonyl (C=S) groups is 1. The molecule has 1 rings (SSSR count). The maximum absolute atomic E-state index is 5.15. The number of hydrogen-bond acceptors (Lipinski definition) is 4. The van der Waals surface area contributed by atoms with Crippen molar-refractivity contribution < 1.29 is 0 Å². The van der Waals surface area contributed by atoms with Gasteiger partial charge in [0.2, 0.25) is 0 Å². The summed E-state index contributed by atoms with van der Waals surface area (Å²) in [5.41, 5.74) is 8.33. The van der Waals surface area contributed by atoms with E-state index in [1.54, 1.807) is 6.21 Å². The maximum Gasteiger partial charge on any atom is 0.184 e. The Hall–Kier alpha value is -0.530. The Labute approximate surface area is 87.1 Å². The first-order chi connectivity index (χ1) is 5.70. The van der Waals surface area contributed by atoms with Crippen molar-refractivity contribution in [3.05, 3.63) is 15.5 Å². The molecule has 0 aromatic carbocycles. The van der Waals surface area contributed by atoms with Gasteiger partial charge in [-0.2, -0.15) is 9.47 Å². The topological polar surface area (TPSA) is 63.3 Å². The first-order valence-electron chi connectivity index (χ1n) is 2.88. The number of nitrogens with two attached hydrogens (primary N) is 1. The molecule has 0 spiro atoms. The first-order valence-corrected chi connectivity index (χ1v) is 4.92. The summed E-state index contributed by atoms with van der Waals surface area (Å²) in [5, 5.41) is 5.75. The number of rotatable bonds is 2. The van der Waals surface area contributed by atoms with Gasteiger partial charge in [0.15, 0.2) is 5.11 Å². The number of halogens is 1. The van der Waals surface area contributed by atoms with Gasteiger partial charge >= 0.3 is 0 Å². The summed E-state index contributed by atoms with van der Waals surface area (Å²) >= 11 is 9.19. The highest BCUT2D eigenvalue weighted by Gasteiger charge is 1.97. The quantitative estimate of drug-likeness (QED) is 0.477. The molecule has 0 unspecified atom stereocenters. The molecule has 0 bridgehead atoms. The Morgan fingerprint density at radius 1 is 1.92 bits per heavy atom. The third-order valence-electron chi connectivity index (χ3n) is 0.913. The normalized spacial score (nSPS) is 10.4. The fourth-order valence-electron chi connectivity index (χ4n) is 0.476. The van der Waals surface area contributed by atoms with Crippen molar-refractivity contribution >= 4 is 51.0 Å². The lowest BCUT2D eigenvalue weighted by molar-refractivity contribution is 1.04. The van der Waals surface area contributed by atoms with E-state index in [0.29, 0.717) is 0 Å². The van der Waals surface area contributed by atoms with E-state index in [4.69, 9.17) is 5.73 Å². The van der Waals surface area contributed by atoms with Gasteiger partial charge in [-0.1, -0.05) is 0 Å².